The zero-order valence-electron chi connectivity index (χ0n) is 26.5. The van der Waals surface area contributed by atoms with Crippen LogP contribution in [0.4, 0.5) is 5.69 Å². The van der Waals surface area contributed by atoms with Crippen molar-refractivity contribution in [1.29, 1.82) is 0 Å². The minimum atomic E-state index is -1.46. The summed E-state index contributed by atoms with van der Waals surface area (Å²) in [7, 11) is 0. The van der Waals surface area contributed by atoms with Crippen LogP contribution in [0.1, 0.15) is 40.3 Å². The summed E-state index contributed by atoms with van der Waals surface area (Å²) in [5, 5.41) is 14.3. The summed E-state index contributed by atoms with van der Waals surface area (Å²) in [4.78, 5) is 61.9. The maximum absolute atomic E-state index is 15.3. The van der Waals surface area contributed by atoms with Crippen molar-refractivity contribution in [3.8, 4) is 5.75 Å². The number of fused-ring (bicyclic) bond motifs is 4. The number of hydrogen-bond acceptors (Lipinski definition) is 6. The number of amides is 4. The molecule has 49 heavy (non-hydrogen) atoms. The standard InChI is InChI=1S/C40H33ClN2O5S/c1-2-9-23-10-6-16-30(35(23)44)34-28-17-18-29-33(38(47)42(36(29)45)22-27-15-8-19-49-27)31(28)21-32-37(46)43(26-14-7-13-25(41)20-26)39(48)40(32,34)24-11-4-3-5-12-24/h2-8,10-17,19-20,29,31-34,44H,1,9,18,21-22H2/t29-,31+,32-,33-,34+,40+/m0/s1. The highest BCUT2D eigenvalue weighted by atomic mass is 35.5. The number of likely N-dealkylation sites (tertiary alicyclic amines) is 1. The van der Waals surface area contributed by atoms with Crippen molar-refractivity contribution >= 4 is 52.3 Å². The number of nitrogens with zero attached hydrogens (tertiary/aromatic N) is 2. The molecule has 0 radical (unpaired) electrons. The number of imide groups is 2. The lowest BCUT2D eigenvalue weighted by Crippen LogP contribution is -2.53. The number of allylic oxidation sites excluding steroid dienone is 3. The molecule has 2 aliphatic heterocycles. The van der Waals surface area contributed by atoms with Crippen molar-refractivity contribution in [2.45, 2.75) is 37.1 Å². The first-order valence-electron chi connectivity index (χ1n) is 16.5. The van der Waals surface area contributed by atoms with E-state index < -0.39 is 46.8 Å². The number of halogens is 1. The number of carbonyl (C=O) groups excluding carboxylic acids is 4. The first-order chi connectivity index (χ1) is 23.8. The van der Waals surface area contributed by atoms with E-state index >= 15 is 4.79 Å². The number of carbonyl (C=O) groups is 4. The normalized spacial score (nSPS) is 27.5. The van der Waals surface area contributed by atoms with Crippen LogP contribution < -0.4 is 4.90 Å². The molecular weight excluding hydrogens is 656 g/mol. The average molecular weight is 689 g/mol. The number of benzene rings is 3. The van der Waals surface area contributed by atoms with Crippen LogP contribution in [0.15, 0.2) is 115 Å². The first kappa shape index (κ1) is 31.5. The molecule has 9 heteroatoms. The Balaban J connectivity index is 1.36. The molecule has 0 bridgehead atoms. The fourth-order valence-electron chi connectivity index (χ4n) is 9.03. The van der Waals surface area contributed by atoms with E-state index in [0.717, 1.165) is 10.5 Å². The second kappa shape index (κ2) is 12.0. The molecule has 1 saturated carbocycles. The molecule has 4 aliphatic rings. The summed E-state index contributed by atoms with van der Waals surface area (Å²) in [6.45, 7) is 4.07. The van der Waals surface area contributed by atoms with E-state index in [9.17, 15) is 19.5 Å². The minimum Gasteiger partial charge on any atom is -0.507 e. The van der Waals surface area contributed by atoms with E-state index in [1.54, 1.807) is 30.3 Å². The number of thiophene rings is 1. The Kier molecular flexibility index (Phi) is 7.69. The molecule has 3 aromatic carbocycles. The Morgan fingerprint density at radius 3 is 2.45 bits per heavy atom. The van der Waals surface area contributed by atoms with Crippen LogP contribution in [0, 0.1) is 23.7 Å². The van der Waals surface area contributed by atoms with Gasteiger partial charge in [0, 0.05) is 21.4 Å². The van der Waals surface area contributed by atoms with Crippen molar-refractivity contribution in [2.75, 3.05) is 4.90 Å². The van der Waals surface area contributed by atoms with E-state index in [1.165, 1.54) is 21.1 Å². The van der Waals surface area contributed by atoms with E-state index in [0.29, 0.717) is 40.2 Å². The highest BCUT2D eigenvalue weighted by molar-refractivity contribution is 7.09. The highest BCUT2D eigenvalue weighted by Gasteiger charge is 2.70. The smallest absolute Gasteiger partial charge is 0.246 e. The van der Waals surface area contributed by atoms with Gasteiger partial charge in [-0.3, -0.25) is 24.1 Å². The lowest BCUT2D eigenvalue weighted by molar-refractivity contribution is -0.141. The Labute approximate surface area is 293 Å². The third-order valence-electron chi connectivity index (χ3n) is 11.0. The largest absolute Gasteiger partial charge is 0.507 e. The van der Waals surface area contributed by atoms with Crippen molar-refractivity contribution in [2.24, 2.45) is 23.7 Å². The van der Waals surface area contributed by atoms with Crippen LogP contribution in [0.2, 0.25) is 5.02 Å². The van der Waals surface area contributed by atoms with Gasteiger partial charge in [-0.05, 0) is 66.0 Å². The number of anilines is 1. The minimum absolute atomic E-state index is 0.0275. The molecule has 1 N–H and O–H groups in total. The average Bonchev–Trinajstić information content (AvgIpc) is 3.77. The van der Waals surface area contributed by atoms with Gasteiger partial charge in [0.15, 0.2) is 0 Å². The molecular formula is C40H33ClN2O5S. The fraction of sp³-hybridized carbons (Fsp3) is 0.250. The van der Waals surface area contributed by atoms with Gasteiger partial charge in [-0.15, -0.1) is 17.9 Å². The number of phenols is 1. The molecule has 8 rings (SSSR count). The monoisotopic (exact) mass is 688 g/mol. The lowest BCUT2D eigenvalue weighted by atomic mass is 9.49. The maximum atomic E-state index is 15.3. The predicted octanol–water partition coefficient (Wildman–Crippen LogP) is 7.20. The summed E-state index contributed by atoms with van der Waals surface area (Å²) < 4.78 is 0. The van der Waals surface area contributed by atoms with Crippen LogP contribution in [0.25, 0.3) is 0 Å². The van der Waals surface area contributed by atoms with Gasteiger partial charge in [0.2, 0.25) is 23.6 Å². The predicted molar refractivity (Wildman–Crippen MR) is 188 cm³/mol. The van der Waals surface area contributed by atoms with E-state index in [1.807, 2.05) is 72.1 Å². The van der Waals surface area contributed by atoms with Gasteiger partial charge in [0.25, 0.3) is 0 Å². The van der Waals surface area contributed by atoms with Crippen LogP contribution in [-0.4, -0.2) is 33.6 Å². The Hall–Kier alpha value is -4.79. The van der Waals surface area contributed by atoms with Crippen molar-refractivity contribution in [3.05, 3.63) is 141 Å². The Morgan fingerprint density at radius 2 is 1.71 bits per heavy atom. The topological polar surface area (TPSA) is 95.0 Å². The lowest BCUT2D eigenvalue weighted by Gasteiger charge is -2.50. The van der Waals surface area contributed by atoms with Crippen LogP contribution in [0.3, 0.4) is 0 Å². The molecule has 246 valence electrons. The van der Waals surface area contributed by atoms with Crippen LogP contribution in [-0.2, 0) is 37.6 Å². The fourth-order valence-corrected chi connectivity index (χ4v) is 9.91. The van der Waals surface area contributed by atoms with Gasteiger partial charge >= 0.3 is 0 Å². The molecule has 6 atom stereocenters. The molecule has 7 nitrogen and oxygen atoms in total. The maximum Gasteiger partial charge on any atom is 0.246 e. The van der Waals surface area contributed by atoms with Gasteiger partial charge in [-0.2, -0.15) is 0 Å². The SMILES string of the molecule is C=CCc1cccc([C@H]2C3=CC[C@@H]4C(=O)N(Cc5cccs5)C(=O)[C@@H]4[C@@H]3C[C@H]3C(=O)N(c4cccc(Cl)c4)C(=O)[C@@]23c2ccccc2)c1O. The Morgan fingerprint density at radius 1 is 0.918 bits per heavy atom. The van der Waals surface area contributed by atoms with Crippen LogP contribution in [0.5, 0.6) is 5.75 Å². The number of aromatic hydroxyl groups is 1. The van der Waals surface area contributed by atoms with E-state index in [2.05, 4.69) is 6.58 Å². The van der Waals surface area contributed by atoms with Crippen molar-refractivity contribution in [3.63, 3.8) is 0 Å². The number of phenolic OH excluding ortho intramolecular Hbond substituents is 1. The molecule has 2 saturated heterocycles. The molecule has 4 amide bonds. The molecule has 2 aliphatic carbocycles. The zero-order valence-corrected chi connectivity index (χ0v) is 28.1. The van der Waals surface area contributed by atoms with E-state index in [-0.39, 0.29) is 30.5 Å². The third kappa shape index (κ3) is 4.61. The van der Waals surface area contributed by atoms with Gasteiger partial charge in [0.05, 0.1) is 35.4 Å². The second-order valence-corrected chi connectivity index (χ2v) is 14.8. The quantitative estimate of drug-likeness (QED) is 0.164. The first-order valence-corrected chi connectivity index (χ1v) is 17.7. The molecule has 3 heterocycles. The highest BCUT2D eigenvalue weighted by Crippen LogP contribution is 2.65. The molecule has 0 unspecified atom stereocenters. The summed E-state index contributed by atoms with van der Waals surface area (Å²) in [6.07, 6.45) is 4.63. The summed E-state index contributed by atoms with van der Waals surface area (Å²) >= 11 is 7.89. The van der Waals surface area contributed by atoms with Crippen molar-refractivity contribution < 1.29 is 24.3 Å². The third-order valence-corrected chi connectivity index (χ3v) is 12.1. The van der Waals surface area contributed by atoms with Gasteiger partial charge < -0.3 is 5.11 Å². The molecule has 1 aromatic heterocycles. The summed E-state index contributed by atoms with van der Waals surface area (Å²) in [5.74, 6) is -4.70. The Bertz CT molecular complexity index is 2060. The van der Waals surface area contributed by atoms with E-state index in [4.69, 9.17) is 11.6 Å². The second-order valence-electron chi connectivity index (χ2n) is 13.3. The van der Waals surface area contributed by atoms with Crippen molar-refractivity contribution in [1.82, 2.24) is 4.90 Å². The molecule has 4 aromatic rings. The van der Waals surface area contributed by atoms with Gasteiger partial charge in [-0.1, -0.05) is 90.0 Å². The molecule has 3 fully saturated rings. The summed E-state index contributed by atoms with van der Waals surface area (Å²) in [5.41, 5.74) is 1.50. The zero-order chi connectivity index (χ0) is 34.0. The molecule has 0 spiro atoms. The number of rotatable bonds is 7. The number of para-hydroxylation sites is 1. The van der Waals surface area contributed by atoms with Crippen LogP contribution >= 0.6 is 22.9 Å². The number of hydrogen-bond donors (Lipinski definition) is 1. The van der Waals surface area contributed by atoms with Gasteiger partial charge in [0.1, 0.15) is 5.75 Å². The summed E-state index contributed by atoms with van der Waals surface area (Å²) in [6, 6.07) is 25.3. The van der Waals surface area contributed by atoms with Gasteiger partial charge in [-0.25, -0.2) is 4.90 Å².